The molecule has 1 aliphatic rings. The van der Waals surface area contributed by atoms with E-state index in [1.54, 1.807) is 0 Å². The summed E-state index contributed by atoms with van der Waals surface area (Å²) in [6, 6.07) is 17.2. The lowest BCUT2D eigenvalue weighted by molar-refractivity contribution is 0.103. The maximum absolute atomic E-state index is 12.4. The molecule has 0 aromatic heterocycles. The van der Waals surface area contributed by atoms with E-state index in [4.69, 9.17) is 0 Å². The van der Waals surface area contributed by atoms with Crippen LogP contribution < -0.4 is 5.32 Å². The van der Waals surface area contributed by atoms with Gasteiger partial charge in [-0.3, -0.25) is 4.79 Å². The molecule has 0 radical (unpaired) electrons. The maximum Gasteiger partial charge on any atom is 0.209 e. The molecule has 2 aromatic rings. The van der Waals surface area contributed by atoms with Crippen LogP contribution in [0.1, 0.15) is 15.9 Å². The van der Waals surface area contributed by atoms with Gasteiger partial charge in [-0.05, 0) is 17.7 Å². The van der Waals surface area contributed by atoms with Crippen LogP contribution in [0.25, 0.3) is 6.08 Å². The number of para-hydroxylation sites is 1. The molecule has 1 N–H and O–H groups in total. The molecule has 0 spiro atoms. The van der Waals surface area contributed by atoms with Crippen LogP contribution >= 0.6 is 0 Å². The van der Waals surface area contributed by atoms with Crippen LogP contribution in [-0.4, -0.2) is 5.78 Å². The van der Waals surface area contributed by atoms with Crippen LogP contribution in [0.2, 0.25) is 0 Å². The van der Waals surface area contributed by atoms with Gasteiger partial charge in [-0.1, -0.05) is 60.7 Å². The lowest BCUT2D eigenvalue weighted by Crippen LogP contribution is -2.11. The van der Waals surface area contributed by atoms with E-state index in [0.29, 0.717) is 11.3 Å². The van der Waals surface area contributed by atoms with Gasteiger partial charge in [-0.15, -0.1) is 0 Å². The van der Waals surface area contributed by atoms with Crippen LogP contribution in [0.5, 0.6) is 0 Å². The monoisotopic (exact) mass is 247 g/mol. The van der Waals surface area contributed by atoms with Gasteiger partial charge in [-0.25, -0.2) is 0 Å². The molecule has 0 amide bonds. The van der Waals surface area contributed by atoms with Gasteiger partial charge < -0.3 is 5.32 Å². The van der Waals surface area contributed by atoms with Gasteiger partial charge in [0.25, 0.3) is 0 Å². The number of fused-ring (bicyclic) bond motifs is 1. The van der Waals surface area contributed by atoms with E-state index in [2.05, 4.69) is 5.32 Å². The van der Waals surface area contributed by atoms with E-state index in [1.165, 1.54) is 0 Å². The number of ketones is 1. The highest BCUT2D eigenvalue weighted by atomic mass is 16.1. The highest BCUT2D eigenvalue weighted by Gasteiger charge is 2.13. The standard InChI is InChI=1S/C17H13NO/c19-17(14-8-2-1-3-9-14)16-12-6-10-13-7-4-5-11-15(13)18-16/h1-12,18H. The third-order valence-electron chi connectivity index (χ3n) is 3.05. The SMILES string of the molecule is O=C(C1=CC=Cc2ccccc2N1)c1ccccc1. The van der Waals surface area contributed by atoms with Gasteiger partial charge in [0.2, 0.25) is 5.78 Å². The smallest absolute Gasteiger partial charge is 0.209 e. The number of hydrogen-bond donors (Lipinski definition) is 1. The molecule has 0 saturated carbocycles. The van der Waals surface area contributed by atoms with E-state index in [-0.39, 0.29) is 5.78 Å². The molecule has 1 aliphatic heterocycles. The van der Waals surface area contributed by atoms with Crippen LogP contribution in [0, 0.1) is 0 Å². The van der Waals surface area contributed by atoms with Crippen LogP contribution in [0.4, 0.5) is 5.69 Å². The molecule has 0 unspecified atom stereocenters. The van der Waals surface area contributed by atoms with Crippen molar-refractivity contribution >= 4 is 17.5 Å². The fraction of sp³-hybridized carbons (Fsp3) is 0. The molecular weight excluding hydrogens is 234 g/mol. The first-order valence-corrected chi connectivity index (χ1v) is 6.19. The number of Topliss-reactive ketones (excluding diaryl/α,β-unsaturated/α-hetero) is 1. The topological polar surface area (TPSA) is 29.1 Å². The Balaban J connectivity index is 1.94. The summed E-state index contributed by atoms with van der Waals surface area (Å²) in [4.78, 5) is 12.4. The van der Waals surface area contributed by atoms with Gasteiger partial charge in [0.1, 0.15) is 0 Å². The van der Waals surface area contributed by atoms with Gasteiger partial charge in [0, 0.05) is 11.3 Å². The Morgan fingerprint density at radius 3 is 2.47 bits per heavy atom. The molecule has 2 aromatic carbocycles. The number of rotatable bonds is 2. The molecule has 2 nitrogen and oxygen atoms in total. The molecule has 0 atom stereocenters. The van der Waals surface area contributed by atoms with Crippen LogP contribution in [0.3, 0.4) is 0 Å². The molecule has 0 aliphatic carbocycles. The highest BCUT2D eigenvalue weighted by Crippen LogP contribution is 2.22. The van der Waals surface area contributed by atoms with E-state index >= 15 is 0 Å². The third-order valence-corrected chi connectivity index (χ3v) is 3.05. The first-order chi connectivity index (χ1) is 9.34. The van der Waals surface area contributed by atoms with E-state index in [9.17, 15) is 4.79 Å². The number of hydrogen-bond acceptors (Lipinski definition) is 2. The average Bonchev–Trinajstić information content (AvgIpc) is 2.69. The number of anilines is 1. The minimum atomic E-state index is 0.00181. The summed E-state index contributed by atoms with van der Waals surface area (Å²) < 4.78 is 0. The lowest BCUT2D eigenvalue weighted by atomic mass is 10.1. The first-order valence-electron chi connectivity index (χ1n) is 6.19. The second kappa shape index (κ2) is 4.94. The van der Waals surface area contributed by atoms with Crippen molar-refractivity contribution < 1.29 is 4.79 Å². The second-order valence-electron chi connectivity index (χ2n) is 4.35. The summed E-state index contributed by atoms with van der Waals surface area (Å²) >= 11 is 0. The summed E-state index contributed by atoms with van der Waals surface area (Å²) in [6.45, 7) is 0. The fourth-order valence-electron chi connectivity index (χ4n) is 2.07. The van der Waals surface area contributed by atoms with Crippen molar-refractivity contribution in [1.82, 2.24) is 0 Å². The third kappa shape index (κ3) is 2.33. The zero-order chi connectivity index (χ0) is 13.1. The Hall–Kier alpha value is -2.61. The summed E-state index contributed by atoms with van der Waals surface area (Å²) in [5.74, 6) is 0.00181. The predicted molar refractivity (Wildman–Crippen MR) is 78.0 cm³/mol. The minimum Gasteiger partial charge on any atom is -0.352 e. The molecule has 0 bridgehead atoms. The minimum absolute atomic E-state index is 0.00181. The molecule has 2 heteroatoms. The van der Waals surface area contributed by atoms with E-state index in [0.717, 1.165) is 11.3 Å². The molecule has 19 heavy (non-hydrogen) atoms. The number of carbonyl (C=O) groups is 1. The molecule has 1 heterocycles. The van der Waals surface area contributed by atoms with Gasteiger partial charge in [0.15, 0.2) is 0 Å². The van der Waals surface area contributed by atoms with Gasteiger partial charge >= 0.3 is 0 Å². The highest BCUT2D eigenvalue weighted by molar-refractivity contribution is 6.11. The molecule has 0 fully saturated rings. The van der Waals surface area contributed by atoms with Crippen molar-refractivity contribution in [2.24, 2.45) is 0 Å². The predicted octanol–water partition coefficient (Wildman–Crippen LogP) is 3.89. The second-order valence-corrected chi connectivity index (χ2v) is 4.35. The number of allylic oxidation sites excluding steroid dienone is 3. The Kier molecular flexibility index (Phi) is 2.99. The zero-order valence-electron chi connectivity index (χ0n) is 10.3. The van der Waals surface area contributed by atoms with Crippen molar-refractivity contribution in [3.8, 4) is 0 Å². The number of benzene rings is 2. The maximum atomic E-state index is 12.4. The van der Waals surface area contributed by atoms with E-state index in [1.807, 2.05) is 72.8 Å². The lowest BCUT2D eigenvalue weighted by Gasteiger charge is -2.10. The van der Waals surface area contributed by atoms with Crippen molar-refractivity contribution in [1.29, 1.82) is 0 Å². The quantitative estimate of drug-likeness (QED) is 0.816. The Morgan fingerprint density at radius 2 is 1.63 bits per heavy atom. The van der Waals surface area contributed by atoms with Crippen LogP contribution in [0.15, 0.2) is 72.4 Å². The van der Waals surface area contributed by atoms with Gasteiger partial charge in [-0.2, -0.15) is 0 Å². The molecule has 3 rings (SSSR count). The first kappa shape index (κ1) is 11.5. The summed E-state index contributed by atoms with van der Waals surface area (Å²) in [5.41, 5.74) is 3.31. The fourth-order valence-corrected chi connectivity index (χ4v) is 2.07. The Labute approximate surface area is 112 Å². The number of nitrogens with one attached hydrogen (secondary N) is 1. The summed E-state index contributed by atoms with van der Waals surface area (Å²) in [6.07, 6.45) is 5.71. The number of carbonyl (C=O) groups excluding carboxylic acids is 1. The average molecular weight is 247 g/mol. The van der Waals surface area contributed by atoms with E-state index < -0.39 is 0 Å². The summed E-state index contributed by atoms with van der Waals surface area (Å²) in [5, 5.41) is 3.21. The molecular formula is C17H13NO. The molecule has 92 valence electrons. The molecule has 0 saturated heterocycles. The van der Waals surface area contributed by atoms with Crippen LogP contribution in [-0.2, 0) is 0 Å². The normalized spacial score (nSPS) is 12.9. The van der Waals surface area contributed by atoms with Crippen molar-refractivity contribution in [3.05, 3.63) is 83.6 Å². The van der Waals surface area contributed by atoms with Gasteiger partial charge in [0.05, 0.1) is 5.70 Å². The Morgan fingerprint density at radius 1 is 0.895 bits per heavy atom. The largest absolute Gasteiger partial charge is 0.352 e. The zero-order valence-corrected chi connectivity index (χ0v) is 10.3. The Bertz CT molecular complexity index is 669. The summed E-state index contributed by atoms with van der Waals surface area (Å²) in [7, 11) is 0. The van der Waals surface area contributed by atoms with Crippen molar-refractivity contribution in [2.45, 2.75) is 0 Å². The van der Waals surface area contributed by atoms with Crippen molar-refractivity contribution in [3.63, 3.8) is 0 Å². The van der Waals surface area contributed by atoms with Crippen molar-refractivity contribution in [2.75, 3.05) is 5.32 Å².